The predicted molar refractivity (Wildman–Crippen MR) is 83.7 cm³/mol. The van der Waals surface area contributed by atoms with Gasteiger partial charge in [-0.3, -0.25) is 0 Å². The van der Waals surface area contributed by atoms with Crippen molar-refractivity contribution in [2.75, 3.05) is 0 Å². The van der Waals surface area contributed by atoms with Gasteiger partial charge in [-0.15, -0.1) is 0 Å². The highest BCUT2D eigenvalue weighted by Gasteiger charge is 2.10. The van der Waals surface area contributed by atoms with Crippen molar-refractivity contribution < 1.29 is 0 Å². The molecule has 94 valence electrons. The molecule has 0 amide bonds. The van der Waals surface area contributed by atoms with E-state index in [1.807, 2.05) is 18.2 Å². The molecule has 2 aromatic carbocycles. The third-order valence-corrected chi connectivity index (χ3v) is 3.96. The van der Waals surface area contributed by atoms with Gasteiger partial charge in [-0.05, 0) is 54.3 Å². The van der Waals surface area contributed by atoms with E-state index in [4.69, 9.17) is 5.73 Å². The van der Waals surface area contributed by atoms with Crippen LogP contribution >= 0.6 is 31.9 Å². The fraction of sp³-hybridized carbons (Fsp3) is 0.200. The first-order chi connectivity index (χ1) is 8.56. The molecule has 2 aromatic rings. The Morgan fingerprint density at radius 3 is 2.44 bits per heavy atom. The minimum absolute atomic E-state index is 0.0346. The Hall–Kier alpha value is -0.640. The first kappa shape index (κ1) is 13.8. The fourth-order valence-electron chi connectivity index (χ4n) is 2.08. The molecule has 1 atom stereocenters. The van der Waals surface area contributed by atoms with Crippen LogP contribution in [0.5, 0.6) is 0 Å². The summed E-state index contributed by atoms with van der Waals surface area (Å²) in [5.41, 5.74) is 9.98. The molecule has 0 aromatic heterocycles. The van der Waals surface area contributed by atoms with Crippen LogP contribution in [0.2, 0.25) is 0 Å². The van der Waals surface area contributed by atoms with Gasteiger partial charge in [0.05, 0.1) is 0 Å². The predicted octanol–water partition coefficient (Wildman–Crippen LogP) is 4.76. The van der Waals surface area contributed by atoms with Crippen LogP contribution in [-0.4, -0.2) is 0 Å². The highest BCUT2D eigenvalue weighted by atomic mass is 79.9. The van der Waals surface area contributed by atoms with Crippen molar-refractivity contribution in [3.8, 4) is 0 Å². The van der Waals surface area contributed by atoms with E-state index in [1.54, 1.807) is 0 Å². The monoisotopic (exact) mass is 367 g/mol. The molecular formula is C15H15Br2N. The first-order valence-corrected chi connectivity index (χ1v) is 7.41. The van der Waals surface area contributed by atoms with Crippen LogP contribution in [0.15, 0.2) is 51.4 Å². The van der Waals surface area contributed by atoms with Gasteiger partial charge in [0.2, 0.25) is 0 Å². The quantitative estimate of drug-likeness (QED) is 0.830. The summed E-state index contributed by atoms with van der Waals surface area (Å²) in [6, 6.07) is 14.6. The Morgan fingerprint density at radius 1 is 1.06 bits per heavy atom. The van der Waals surface area contributed by atoms with Gasteiger partial charge in [0.15, 0.2) is 0 Å². The fourth-order valence-corrected chi connectivity index (χ4v) is 3.01. The summed E-state index contributed by atoms with van der Waals surface area (Å²) in [5, 5.41) is 0. The van der Waals surface area contributed by atoms with Crippen molar-refractivity contribution in [2.45, 2.75) is 19.4 Å². The number of rotatable bonds is 3. The zero-order valence-electron chi connectivity index (χ0n) is 10.2. The van der Waals surface area contributed by atoms with E-state index in [2.05, 4.69) is 63.0 Å². The molecule has 2 N–H and O–H groups in total. The minimum Gasteiger partial charge on any atom is -0.324 e. The van der Waals surface area contributed by atoms with E-state index >= 15 is 0 Å². The van der Waals surface area contributed by atoms with Gasteiger partial charge >= 0.3 is 0 Å². The molecule has 1 nitrogen and oxygen atoms in total. The second-order valence-corrected chi connectivity index (χ2v) is 6.27. The van der Waals surface area contributed by atoms with Crippen molar-refractivity contribution in [1.29, 1.82) is 0 Å². The largest absolute Gasteiger partial charge is 0.324 e. The maximum absolute atomic E-state index is 6.30. The Balaban J connectivity index is 2.19. The molecule has 0 heterocycles. The van der Waals surface area contributed by atoms with Crippen molar-refractivity contribution in [1.82, 2.24) is 0 Å². The van der Waals surface area contributed by atoms with E-state index in [0.717, 1.165) is 15.4 Å². The lowest BCUT2D eigenvalue weighted by Gasteiger charge is -2.15. The summed E-state index contributed by atoms with van der Waals surface area (Å²) in [6.45, 7) is 2.10. The molecule has 2 rings (SSSR count). The molecule has 0 bridgehead atoms. The number of halogens is 2. The number of hydrogen-bond acceptors (Lipinski definition) is 1. The smallest absolute Gasteiger partial charge is 0.0338 e. The third kappa shape index (κ3) is 3.44. The molecule has 18 heavy (non-hydrogen) atoms. The SMILES string of the molecule is Cc1cc(Br)ccc1C(N)Cc1cccc(Br)c1. The van der Waals surface area contributed by atoms with Crippen molar-refractivity contribution in [2.24, 2.45) is 5.73 Å². The lowest BCUT2D eigenvalue weighted by atomic mass is 9.96. The second kappa shape index (κ2) is 6.00. The Bertz CT molecular complexity index is 552. The molecule has 0 spiro atoms. The zero-order chi connectivity index (χ0) is 13.1. The van der Waals surface area contributed by atoms with Gasteiger partial charge in [0.25, 0.3) is 0 Å². The lowest BCUT2D eigenvalue weighted by molar-refractivity contribution is 0.716. The molecule has 3 heteroatoms. The van der Waals surface area contributed by atoms with Crippen LogP contribution in [0.4, 0.5) is 0 Å². The summed E-state index contributed by atoms with van der Waals surface area (Å²) >= 11 is 6.96. The first-order valence-electron chi connectivity index (χ1n) is 5.82. The summed E-state index contributed by atoms with van der Waals surface area (Å²) in [5.74, 6) is 0. The maximum Gasteiger partial charge on any atom is 0.0338 e. The van der Waals surface area contributed by atoms with Gasteiger partial charge in [0, 0.05) is 15.0 Å². The molecule has 0 aliphatic rings. The molecule has 0 aliphatic heterocycles. The van der Waals surface area contributed by atoms with Gasteiger partial charge in [-0.25, -0.2) is 0 Å². The summed E-state index contributed by atoms with van der Waals surface area (Å²) in [6.07, 6.45) is 0.849. The Morgan fingerprint density at radius 2 is 1.78 bits per heavy atom. The van der Waals surface area contributed by atoms with Crippen LogP contribution in [0.25, 0.3) is 0 Å². The molecule has 0 radical (unpaired) electrons. The molecule has 0 fully saturated rings. The Labute approximate surface area is 125 Å². The number of benzene rings is 2. The van der Waals surface area contributed by atoms with E-state index in [0.29, 0.717) is 0 Å². The topological polar surface area (TPSA) is 26.0 Å². The average Bonchev–Trinajstić information content (AvgIpc) is 2.28. The number of aryl methyl sites for hydroxylation is 1. The highest BCUT2D eigenvalue weighted by molar-refractivity contribution is 9.10. The lowest BCUT2D eigenvalue weighted by Crippen LogP contribution is -2.14. The van der Waals surface area contributed by atoms with Crippen molar-refractivity contribution in [3.63, 3.8) is 0 Å². The van der Waals surface area contributed by atoms with E-state index in [-0.39, 0.29) is 6.04 Å². The van der Waals surface area contributed by atoms with Crippen LogP contribution in [0, 0.1) is 6.92 Å². The normalized spacial score (nSPS) is 12.4. The molecule has 0 aliphatic carbocycles. The minimum atomic E-state index is 0.0346. The van der Waals surface area contributed by atoms with Gasteiger partial charge in [-0.1, -0.05) is 50.1 Å². The zero-order valence-corrected chi connectivity index (χ0v) is 13.3. The summed E-state index contributed by atoms with van der Waals surface area (Å²) in [4.78, 5) is 0. The standard InChI is InChI=1S/C15H15Br2N/c1-10-7-13(17)5-6-14(10)15(18)9-11-3-2-4-12(16)8-11/h2-8,15H,9,18H2,1H3. The van der Waals surface area contributed by atoms with Crippen LogP contribution in [0.3, 0.4) is 0 Å². The van der Waals surface area contributed by atoms with Crippen LogP contribution < -0.4 is 5.73 Å². The maximum atomic E-state index is 6.30. The summed E-state index contributed by atoms with van der Waals surface area (Å²) < 4.78 is 2.19. The number of hydrogen-bond donors (Lipinski definition) is 1. The van der Waals surface area contributed by atoms with Crippen molar-refractivity contribution >= 4 is 31.9 Å². The molecule has 1 unspecified atom stereocenters. The van der Waals surface area contributed by atoms with Gasteiger partial charge in [0.1, 0.15) is 0 Å². The van der Waals surface area contributed by atoms with Crippen LogP contribution in [-0.2, 0) is 6.42 Å². The molecule has 0 saturated carbocycles. The average molecular weight is 369 g/mol. The van der Waals surface area contributed by atoms with Crippen molar-refractivity contribution in [3.05, 3.63) is 68.1 Å². The highest BCUT2D eigenvalue weighted by Crippen LogP contribution is 2.23. The van der Waals surface area contributed by atoms with Crippen LogP contribution in [0.1, 0.15) is 22.7 Å². The van der Waals surface area contributed by atoms with E-state index < -0.39 is 0 Å². The van der Waals surface area contributed by atoms with Gasteiger partial charge < -0.3 is 5.73 Å². The van der Waals surface area contributed by atoms with Gasteiger partial charge in [-0.2, -0.15) is 0 Å². The number of nitrogens with two attached hydrogens (primary N) is 1. The summed E-state index contributed by atoms with van der Waals surface area (Å²) in [7, 11) is 0. The third-order valence-electron chi connectivity index (χ3n) is 2.98. The van der Waals surface area contributed by atoms with E-state index in [1.165, 1.54) is 16.7 Å². The van der Waals surface area contributed by atoms with E-state index in [9.17, 15) is 0 Å². The molecular weight excluding hydrogens is 354 g/mol. The Kier molecular flexibility index (Phi) is 4.60. The second-order valence-electron chi connectivity index (χ2n) is 4.44. The molecule has 0 saturated heterocycles.